The molecule has 2 aromatic rings. The first kappa shape index (κ1) is 16.2. The van der Waals surface area contributed by atoms with Gasteiger partial charge >= 0.3 is 0 Å². The lowest BCUT2D eigenvalue weighted by Crippen LogP contribution is -2.21. The summed E-state index contributed by atoms with van der Waals surface area (Å²) < 4.78 is 5.99. The highest BCUT2D eigenvalue weighted by Crippen LogP contribution is 2.34. The van der Waals surface area contributed by atoms with Crippen LogP contribution in [0.4, 0.5) is 0 Å². The molecule has 0 amide bonds. The highest BCUT2D eigenvalue weighted by Gasteiger charge is 2.12. The maximum absolute atomic E-state index is 6.29. The van der Waals surface area contributed by atoms with Crippen molar-refractivity contribution < 1.29 is 4.74 Å². The van der Waals surface area contributed by atoms with Gasteiger partial charge in [-0.3, -0.25) is 0 Å². The topological polar surface area (TPSA) is 35.2 Å². The number of hydrogen-bond donors (Lipinski definition) is 1. The minimum Gasteiger partial charge on any atom is -0.456 e. The molecule has 0 aliphatic heterocycles. The van der Waals surface area contributed by atoms with Crippen LogP contribution < -0.4 is 10.5 Å². The molecule has 4 heteroatoms. The Morgan fingerprint density at radius 1 is 1.19 bits per heavy atom. The van der Waals surface area contributed by atoms with Crippen molar-refractivity contribution in [3.8, 4) is 11.5 Å². The van der Waals surface area contributed by atoms with E-state index in [4.69, 9.17) is 22.1 Å². The number of benzene rings is 2. The summed E-state index contributed by atoms with van der Waals surface area (Å²) in [7, 11) is 0. The molecular weight excluding hydrogens is 302 g/mol. The zero-order chi connectivity index (χ0) is 15.2. The molecule has 0 fully saturated rings. The fourth-order valence-corrected chi connectivity index (χ4v) is 2.66. The minimum absolute atomic E-state index is 0.115. The quantitative estimate of drug-likeness (QED) is 0.749. The van der Waals surface area contributed by atoms with E-state index in [1.807, 2.05) is 48.7 Å². The van der Waals surface area contributed by atoms with Crippen molar-refractivity contribution in [2.24, 2.45) is 5.73 Å². The van der Waals surface area contributed by atoms with Crippen molar-refractivity contribution in [3.05, 3.63) is 53.1 Å². The molecular formula is C17H20ClNOS. The Morgan fingerprint density at radius 2 is 1.90 bits per heavy atom. The average Bonchev–Trinajstić information content (AvgIpc) is 2.51. The third kappa shape index (κ3) is 4.40. The Balaban J connectivity index is 2.24. The molecule has 2 N–H and O–H groups in total. The van der Waals surface area contributed by atoms with E-state index in [1.165, 1.54) is 4.90 Å². The van der Waals surface area contributed by atoms with Gasteiger partial charge in [0.1, 0.15) is 11.5 Å². The molecule has 2 aromatic carbocycles. The van der Waals surface area contributed by atoms with Gasteiger partial charge in [-0.15, -0.1) is 11.8 Å². The number of ether oxygens (including phenoxy) is 1. The SMILES string of the molecule is CCC(N)Cc1cccc(Cl)c1Oc1ccc(SC)cc1. The third-order valence-corrected chi connectivity index (χ3v) is 4.38. The molecule has 0 heterocycles. The molecule has 21 heavy (non-hydrogen) atoms. The molecule has 0 aliphatic carbocycles. The standard InChI is InChI=1S/C17H20ClNOS/c1-3-13(19)11-12-5-4-6-16(18)17(12)20-14-7-9-15(21-2)10-8-14/h4-10,13H,3,11,19H2,1-2H3. The van der Waals surface area contributed by atoms with Crippen molar-refractivity contribution >= 4 is 23.4 Å². The van der Waals surface area contributed by atoms with E-state index in [1.54, 1.807) is 11.8 Å². The summed E-state index contributed by atoms with van der Waals surface area (Å²) in [5.41, 5.74) is 7.10. The van der Waals surface area contributed by atoms with E-state index >= 15 is 0 Å². The normalized spacial score (nSPS) is 12.2. The van der Waals surface area contributed by atoms with Crippen LogP contribution >= 0.6 is 23.4 Å². The van der Waals surface area contributed by atoms with Gasteiger partial charge in [0, 0.05) is 10.9 Å². The zero-order valence-electron chi connectivity index (χ0n) is 12.3. The third-order valence-electron chi connectivity index (χ3n) is 3.33. The number of rotatable bonds is 6. The van der Waals surface area contributed by atoms with Crippen molar-refractivity contribution in [2.45, 2.75) is 30.7 Å². The largest absolute Gasteiger partial charge is 0.456 e. The van der Waals surface area contributed by atoms with Gasteiger partial charge in [-0.25, -0.2) is 0 Å². The summed E-state index contributed by atoms with van der Waals surface area (Å²) in [6.07, 6.45) is 3.73. The van der Waals surface area contributed by atoms with Crippen LogP contribution in [0.5, 0.6) is 11.5 Å². The molecule has 0 saturated heterocycles. The molecule has 0 aliphatic rings. The Morgan fingerprint density at radius 3 is 2.52 bits per heavy atom. The Bertz CT molecular complexity index is 586. The van der Waals surface area contributed by atoms with Gasteiger partial charge < -0.3 is 10.5 Å². The zero-order valence-corrected chi connectivity index (χ0v) is 13.9. The van der Waals surface area contributed by atoms with Gasteiger partial charge in [-0.2, -0.15) is 0 Å². The molecule has 1 unspecified atom stereocenters. The van der Waals surface area contributed by atoms with Gasteiger partial charge in [0.15, 0.2) is 0 Å². The molecule has 2 rings (SSSR count). The molecule has 0 saturated carbocycles. The van der Waals surface area contributed by atoms with E-state index in [0.29, 0.717) is 10.8 Å². The van der Waals surface area contributed by atoms with E-state index < -0.39 is 0 Å². The van der Waals surface area contributed by atoms with Crippen LogP contribution in [0.15, 0.2) is 47.4 Å². The number of nitrogens with two attached hydrogens (primary N) is 1. The van der Waals surface area contributed by atoms with Gasteiger partial charge in [0.05, 0.1) is 5.02 Å². The molecule has 112 valence electrons. The van der Waals surface area contributed by atoms with Crippen LogP contribution in [0.3, 0.4) is 0 Å². The summed E-state index contributed by atoms with van der Waals surface area (Å²) in [6.45, 7) is 2.08. The number of thioether (sulfide) groups is 1. The van der Waals surface area contributed by atoms with E-state index in [2.05, 4.69) is 6.92 Å². The molecule has 0 aromatic heterocycles. The fraction of sp³-hybridized carbons (Fsp3) is 0.294. The van der Waals surface area contributed by atoms with Crippen LogP contribution in [0.25, 0.3) is 0 Å². The van der Waals surface area contributed by atoms with Crippen LogP contribution in [-0.4, -0.2) is 12.3 Å². The average molecular weight is 322 g/mol. The smallest absolute Gasteiger partial charge is 0.149 e. The summed E-state index contributed by atoms with van der Waals surface area (Å²) in [4.78, 5) is 1.20. The second kappa shape index (κ2) is 7.74. The van der Waals surface area contributed by atoms with Gasteiger partial charge in [0.2, 0.25) is 0 Å². The van der Waals surface area contributed by atoms with E-state index in [9.17, 15) is 0 Å². The number of halogens is 1. The first-order valence-electron chi connectivity index (χ1n) is 6.99. The predicted octanol–water partition coefficient (Wildman–Crippen LogP) is 5.13. The maximum Gasteiger partial charge on any atom is 0.149 e. The highest BCUT2D eigenvalue weighted by atomic mass is 35.5. The van der Waals surface area contributed by atoms with E-state index in [0.717, 1.165) is 24.2 Å². The second-order valence-electron chi connectivity index (χ2n) is 4.88. The van der Waals surface area contributed by atoms with Crippen LogP contribution in [0.1, 0.15) is 18.9 Å². The Hall–Kier alpha value is -1.16. The highest BCUT2D eigenvalue weighted by molar-refractivity contribution is 7.98. The van der Waals surface area contributed by atoms with Gasteiger partial charge in [-0.1, -0.05) is 30.7 Å². The molecule has 1 atom stereocenters. The lowest BCUT2D eigenvalue weighted by atomic mass is 10.0. The van der Waals surface area contributed by atoms with Crippen molar-refractivity contribution in [1.82, 2.24) is 0 Å². The van der Waals surface area contributed by atoms with Crippen LogP contribution in [0.2, 0.25) is 5.02 Å². The summed E-state index contributed by atoms with van der Waals surface area (Å²) in [6, 6.07) is 13.9. The molecule has 2 nitrogen and oxygen atoms in total. The first-order chi connectivity index (χ1) is 10.1. The minimum atomic E-state index is 0.115. The summed E-state index contributed by atoms with van der Waals surface area (Å²) in [5.74, 6) is 1.49. The summed E-state index contributed by atoms with van der Waals surface area (Å²) >= 11 is 8.00. The van der Waals surface area contributed by atoms with Gasteiger partial charge in [-0.05, 0) is 55.0 Å². The first-order valence-corrected chi connectivity index (χ1v) is 8.59. The van der Waals surface area contributed by atoms with Gasteiger partial charge in [0.25, 0.3) is 0 Å². The molecule has 0 radical (unpaired) electrons. The number of para-hydroxylation sites is 1. The lowest BCUT2D eigenvalue weighted by Gasteiger charge is -2.15. The lowest BCUT2D eigenvalue weighted by molar-refractivity contribution is 0.472. The molecule has 0 bridgehead atoms. The van der Waals surface area contributed by atoms with Crippen LogP contribution in [-0.2, 0) is 6.42 Å². The second-order valence-corrected chi connectivity index (χ2v) is 6.16. The van der Waals surface area contributed by atoms with E-state index in [-0.39, 0.29) is 6.04 Å². The Labute approximate surface area is 135 Å². The maximum atomic E-state index is 6.29. The van der Waals surface area contributed by atoms with Crippen molar-refractivity contribution in [1.29, 1.82) is 0 Å². The summed E-state index contributed by atoms with van der Waals surface area (Å²) in [5, 5.41) is 0.616. The Kier molecular flexibility index (Phi) is 5.97. The van der Waals surface area contributed by atoms with Crippen molar-refractivity contribution in [3.63, 3.8) is 0 Å². The van der Waals surface area contributed by atoms with Crippen molar-refractivity contribution in [2.75, 3.05) is 6.26 Å². The number of hydrogen-bond acceptors (Lipinski definition) is 3. The van der Waals surface area contributed by atoms with Crippen LogP contribution in [0, 0.1) is 0 Å². The fourth-order valence-electron chi connectivity index (χ4n) is 2.02. The predicted molar refractivity (Wildman–Crippen MR) is 91.7 cm³/mol. The monoisotopic (exact) mass is 321 g/mol. The molecule has 0 spiro atoms.